The summed E-state index contributed by atoms with van der Waals surface area (Å²) in [5, 5.41) is 13.0. The zero-order valence-electron chi connectivity index (χ0n) is 10.7. The maximum atomic E-state index is 11.0. The van der Waals surface area contributed by atoms with Crippen molar-refractivity contribution in [3.05, 3.63) is 41.6 Å². The summed E-state index contributed by atoms with van der Waals surface area (Å²) in [5.41, 5.74) is 0.989. The van der Waals surface area contributed by atoms with E-state index in [9.17, 15) is 4.79 Å². The fraction of sp³-hybridized carbons (Fsp3) is 0.231. The summed E-state index contributed by atoms with van der Waals surface area (Å²) < 4.78 is 11.7. The highest BCUT2D eigenvalue weighted by Gasteiger charge is 2.17. The molecule has 0 saturated carbocycles. The summed E-state index contributed by atoms with van der Waals surface area (Å²) in [5.74, 6) is -0.0915. The van der Waals surface area contributed by atoms with Gasteiger partial charge in [0, 0.05) is 0 Å². The van der Waals surface area contributed by atoms with Crippen molar-refractivity contribution < 1.29 is 19.4 Å². The minimum atomic E-state index is -1.06. The van der Waals surface area contributed by atoms with Crippen LogP contribution in [0.3, 0.4) is 0 Å². The van der Waals surface area contributed by atoms with E-state index in [2.05, 4.69) is 5.10 Å². The van der Waals surface area contributed by atoms with Crippen molar-refractivity contribution in [2.45, 2.75) is 6.54 Å². The van der Waals surface area contributed by atoms with Crippen LogP contribution in [0.25, 0.3) is 0 Å². The van der Waals surface area contributed by atoms with Crippen LogP contribution in [0.15, 0.2) is 30.5 Å². The molecule has 0 aliphatic heterocycles. The number of carboxylic acid groups (broad SMARTS) is 1. The third-order valence-electron chi connectivity index (χ3n) is 2.68. The molecular weight excluding hydrogens is 248 g/mol. The Balaban J connectivity index is 2.30. The van der Waals surface area contributed by atoms with Gasteiger partial charge in [0.15, 0.2) is 0 Å². The summed E-state index contributed by atoms with van der Waals surface area (Å²) in [4.78, 5) is 11.0. The van der Waals surface area contributed by atoms with Gasteiger partial charge in [0.1, 0.15) is 11.3 Å². The highest BCUT2D eigenvalue weighted by molar-refractivity contribution is 5.89. The molecule has 1 heterocycles. The van der Waals surface area contributed by atoms with E-state index in [4.69, 9.17) is 14.6 Å². The van der Waals surface area contributed by atoms with E-state index in [1.807, 2.05) is 24.3 Å². The predicted octanol–water partition coefficient (Wildman–Crippen LogP) is 1.65. The Kier molecular flexibility index (Phi) is 3.70. The molecule has 19 heavy (non-hydrogen) atoms. The Hall–Kier alpha value is -2.50. The van der Waals surface area contributed by atoms with Crippen LogP contribution in [0.4, 0.5) is 0 Å². The normalized spacial score (nSPS) is 10.2. The van der Waals surface area contributed by atoms with Gasteiger partial charge in [0.25, 0.3) is 0 Å². The Morgan fingerprint density at radius 1 is 1.37 bits per heavy atom. The molecule has 0 saturated heterocycles. The molecule has 0 amide bonds. The maximum Gasteiger partial charge on any atom is 0.342 e. The summed E-state index contributed by atoms with van der Waals surface area (Å²) in [6.07, 6.45) is 1.28. The average molecular weight is 262 g/mol. The number of nitrogens with zero attached hydrogens (tertiary/aromatic N) is 2. The van der Waals surface area contributed by atoms with Crippen molar-refractivity contribution in [2.24, 2.45) is 0 Å². The second-order valence-electron chi connectivity index (χ2n) is 3.88. The van der Waals surface area contributed by atoms with Crippen LogP contribution < -0.4 is 9.47 Å². The molecule has 6 heteroatoms. The third-order valence-corrected chi connectivity index (χ3v) is 2.68. The average Bonchev–Trinajstić information content (AvgIpc) is 2.82. The number of aromatic carboxylic acids is 1. The van der Waals surface area contributed by atoms with Gasteiger partial charge in [-0.05, 0) is 17.7 Å². The molecule has 6 nitrogen and oxygen atoms in total. The molecule has 100 valence electrons. The fourth-order valence-electron chi connectivity index (χ4n) is 1.79. The van der Waals surface area contributed by atoms with Gasteiger partial charge in [0.2, 0.25) is 5.88 Å². The Bertz CT molecular complexity index is 592. The van der Waals surface area contributed by atoms with E-state index in [-0.39, 0.29) is 11.4 Å². The lowest BCUT2D eigenvalue weighted by Gasteiger charge is -2.08. The minimum absolute atomic E-state index is 0.0467. The van der Waals surface area contributed by atoms with Gasteiger partial charge in [-0.25, -0.2) is 9.48 Å². The highest BCUT2D eigenvalue weighted by Crippen LogP contribution is 2.20. The van der Waals surface area contributed by atoms with Crippen LogP contribution in [0.5, 0.6) is 11.6 Å². The van der Waals surface area contributed by atoms with Gasteiger partial charge in [-0.3, -0.25) is 0 Å². The number of hydrogen-bond acceptors (Lipinski definition) is 4. The van der Waals surface area contributed by atoms with Crippen LogP contribution >= 0.6 is 0 Å². The van der Waals surface area contributed by atoms with Crippen molar-refractivity contribution in [3.63, 3.8) is 0 Å². The smallest absolute Gasteiger partial charge is 0.342 e. The van der Waals surface area contributed by atoms with E-state index in [1.54, 1.807) is 7.11 Å². The molecule has 0 aliphatic rings. The first kappa shape index (κ1) is 12.9. The van der Waals surface area contributed by atoms with Crippen molar-refractivity contribution in [2.75, 3.05) is 14.2 Å². The molecule has 0 fully saturated rings. The summed E-state index contributed by atoms with van der Waals surface area (Å²) in [6, 6.07) is 7.47. The minimum Gasteiger partial charge on any atom is -0.497 e. The maximum absolute atomic E-state index is 11.0. The number of carbonyl (C=O) groups is 1. The van der Waals surface area contributed by atoms with Gasteiger partial charge in [0.05, 0.1) is 27.0 Å². The van der Waals surface area contributed by atoms with Crippen molar-refractivity contribution >= 4 is 5.97 Å². The second kappa shape index (κ2) is 5.43. The molecule has 0 atom stereocenters. The number of carboxylic acids is 1. The van der Waals surface area contributed by atoms with Gasteiger partial charge in [-0.1, -0.05) is 12.1 Å². The first-order chi connectivity index (χ1) is 9.15. The molecule has 1 N–H and O–H groups in total. The molecular formula is C13H14N2O4. The summed E-state index contributed by atoms with van der Waals surface area (Å²) in [6.45, 7) is 0.410. The molecule has 2 rings (SSSR count). The van der Waals surface area contributed by atoms with E-state index >= 15 is 0 Å². The number of aromatic nitrogens is 2. The van der Waals surface area contributed by atoms with Gasteiger partial charge < -0.3 is 14.6 Å². The lowest BCUT2D eigenvalue weighted by atomic mass is 10.2. The second-order valence-corrected chi connectivity index (χ2v) is 3.88. The van der Waals surface area contributed by atoms with Crippen LogP contribution in [-0.4, -0.2) is 35.1 Å². The Morgan fingerprint density at radius 3 is 2.79 bits per heavy atom. The van der Waals surface area contributed by atoms with Crippen LogP contribution in [0.2, 0.25) is 0 Å². The number of ether oxygens (including phenoxy) is 2. The molecule has 2 aromatic rings. The molecule has 1 aromatic heterocycles. The Morgan fingerprint density at radius 2 is 2.16 bits per heavy atom. The van der Waals surface area contributed by atoms with Crippen LogP contribution in [0, 0.1) is 0 Å². The molecule has 0 spiro atoms. The topological polar surface area (TPSA) is 73.6 Å². The fourth-order valence-corrected chi connectivity index (χ4v) is 1.79. The summed E-state index contributed by atoms with van der Waals surface area (Å²) >= 11 is 0. The molecule has 0 bridgehead atoms. The lowest BCUT2D eigenvalue weighted by molar-refractivity contribution is 0.0693. The van der Waals surface area contributed by atoms with Crippen molar-refractivity contribution in [1.82, 2.24) is 9.78 Å². The van der Waals surface area contributed by atoms with Gasteiger partial charge in [-0.15, -0.1) is 0 Å². The molecule has 0 radical (unpaired) electrons. The van der Waals surface area contributed by atoms with Crippen LogP contribution in [0.1, 0.15) is 15.9 Å². The molecule has 0 aliphatic carbocycles. The van der Waals surface area contributed by atoms with E-state index < -0.39 is 5.97 Å². The zero-order chi connectivity index (χ0) is 13.8. The quantitative estimate of drug-likeness (QED) is 0.886. The first-order valence-corrected chi connectivity index (χ1v) is 5.61. The SMILES string of the molecule is COc1cccc(Cn2ncc(C(=O)O)c2OC)c1. The monoisotopic (exact) mass is 262 g/mol. The zero-order valence-corrected chi connectivity index (χ0v) is 10.7. The first-order valence-electron chi connectivity index (χ1n) is 5.61. The van der Waals surface area contributed by atoms with Crippen molar-refractivity contribution in [1.29, 1.82) is 0 Å². The molecule has 1 aromatic carbocycles. The van der Waals surface area contributed by atoms with Crippen molar-refractivity contribution in [3.8, 4) is 11.6 Å². The summed E-state index contributed by atoms with van der Waals surface area (Å²) in [7, 11) is 3.02. The van der Waals surface area contributed by atoms with E-state index in [0.29, 0.717) is 6.54 Å². The number of benzene rings is 1. The lowest BCUT2D eigenvalue weighted by Crippen LogP contribution is -2.06. The van der Waals surface area contributed by atoms with Gasteiger partial charge >= 0.3 is 5.97 Å². The Labute approximate surface area is 110 Å². The number of hydrogen-bond donors (Lipinski definition) is 1. The largest absolute Gasteiger partial charge is 0.497 e. The number of methoxy groups -OCH3 is 2. The molecule has 0 unspecified atom stereocenters. The highest BCUT2D eigenvalue weighted by atomic mass is 16.5. The predicted molar refractivity (Wildman–Crippen MR) is 67.8 cm³/mol. The van der Waals surface area contributed by atoms with Crippen LogP contribution in [-0.2, 0) is 6.54 Å². The third kappa shape index (κ3) is 2.67. The number of rotatable bonds is 5. The van der Waals surface area contributed by atoms with Gasteiger partial charge in [-0.2, -0.15) is 5.10 Å². The van der Waals surface area contributed by atoms with E-state index in [0.717, 1.165) is 11.3 Å². The standard InChI is InChI=1S/C13H14N2O4/c1-18-10-5-3-4-9(6-10)8-15-12(19-2)11(7-14-15)13(16)17/h3-7H,8H2,1-2H3,(H,16,17). The van der Waals surface area contributed by atoms with E-state index in [1.165, 1.54) is 18.0 Å².